The van der Waals surface area contributed by atoms with Crippen LogP contribution in [-0.2, 0) is 4.79 Å². The molecule has 0 aliphatic carbocycles. The van der Waals surface area contributed by atoms with Crippen LogP contribution in [0.5, 0.6) is 0 Å². The van der Waals surface area contributed by atoms with Crippen molar-refractivity contribution in [1.29, 1.82) is 0 Å². The molecule has 0 spiro atoms. The highest BCUT2D eigenvalue weighted by Gasteiger charge is 1.89. The largest absolute Gasteiger partial charge is 0.481 e. The zero-order valence-electron chi connectivity index (χ0n) is 15.7. The average Bonchev–Trinajstić information content (AvgIpc) is 2.56. The molecule has 0 rings (SSSR count). The molecule has 0 fully saturated rings. The minimum absolute atomic E-state index is 0.147. The van der Waals surface area contributed by atoms with Gasteiger partial charge in [-0.3, -0.25) is 4.79 Å². The summed E-state index contributed by atoms with van der Waals surface area (Å²) in [6, 6.07) is 0. The fourth-order valence-electron chi connectivity index (χ4n) is 2.51. The smallest absolute Gasteiger partial charge is 0.307 e. The molecule has 0 aliphatic heterocycles. The first kappa shape index (κ1) is 22.7. The number of hydrogen-bond acceptors (Lipinski definition) is 1. The number of rotatable bonds is 17. The molecular weight excluding hydrogens is 296 g/mol. The monoisotopic (exact) mass is 334 g/mol. The third-order valence-corrected chi connectivity index (χ3v) is 4.00. The van der Waals surface area contributed by atoms with Gasteiger partial charge in [0.25, 0.3) is 0 Å². The van der Waals surface area contributed by atoms with Crippen LogP contribution in [0.4, 0.5) is 0 Å². The van der Waals surface area contributed by atoms with E-state index in [-0.39, 0.29) is 6.42 Å². The number of allylic oxidation sites excluding steroid dienone is 5. The lowest BCUT2D eigenvalue weighted by Gasteiger charge is -1.96. The van der Waals surface area contributed by atoms with Crippen molar-refractivity contribution in [2.24, 2.45) is 0 Å². The highest BCUT2D eigenvalue weighted by Crippen LogP contribution is 2.07. The second-order valence-electron chi connectivity index (χ2n) is 6.43. The van der Waals surface area contributed by atoms with Crippen LogP contribution in [-0.4, -0.2) is 11.1 Å². The summed E-state index contributed by atoms with van der Waals surface area (Å²) in [6.07, 6.45) is 29.4. The summed E-state index contributed by atoms with van der Waals surface area (Å²) < 4.78 is 0. The van der Waals surface area contributed by atoms with Crippen LogP contribution in [0.3, 0.4) is 0 Å². The first-order valence-electron chi connectivity index (χ1n) is 9.94. The zero-order chi connectivity index (χ0) is 17.7. The van der Waals surface area contributed by atoms with Gasteiger partial charge in [0, 0.05) is 0 Å². The summed E-state index contributed by atoms with van der Waals surface area (Å²) in [7, 11) is 0. The van der Waals surface area contributed by atoms with Gasteiger partial charge in [-0.05, 0) is 64.2 Å². The van der Waals surface area contributed by atoms with Crippen LogP contribution < -0.4 is 0 Å². The SMILES string of the molecule is CCCCCCC=CCCCCC=CCCCCC=CCC(=O)O. The predicted molar refractivity (Wildman–Crippen MR) is 105 cm³/mol. The number of unbranched alkanes of at least 4 members (excludes halogenated alkanes) is 10. The van der Waals surface area contributed by atoms with Gasteiger partial charge in [0.2, 0.25) is 0 Å². The molecule has 0 unspecified atom stereocenters. The number of aliphatic carboxylic acids is 1. The molecule has 0 saturated heterocycles. The summed E-state index contributed by atoms with van der Waals surface area (Å²) in [5.74, 6) is -0.753. The van der Waals surface area contributed by atoms with E-state index < -0.39 is 5.97 Å². The van der Waals surface area contributed by atoms with Crippen molar-refractivity contribution < 1.29 is 9.90 Å². The maximum absolute atomic E-state index is 10.3. The van der Waals surface area contributed by atoms with E-state index in [2.05, 4.69) is 31.2 Å². The van der Waals surface area contributed by atoms with Gasteiger partial charge in [-0.25, -0.2) is 0 Å². The normalized spacial score (nSPS) is 12.0. The third kappa shape index (κ3) is 20.7. The van der Waals surface area contributed by atoms with Crippen molar-refractivity contribution in [2.75, 3.05) is 0 Å². The minimum atomic E-state index is -0.753. The zero-order valence-corrected chi connectivity index (χ0v) is 15.7. The highest BCUT2D eigenvalue weighted by molar-refractivity contribution is 5.68. The quantitative estimate of drug-likeness (QED) is 0.225. The maximum Gasteiger partial charge on any atom is 0.307 e. The predicted octanol–water partition coefficient (Wildman–Crippen LogP) is 7.22. The van der Waals surface area contributed by atoms with E-state index in [9.17, 15) is 4.79 Å². The first-order valence-corrected chi connectivity index (χ1v) is 9.94. The van der Waals surface area contributed by atoms with Crippen LogP contribution in [0.25, 0.3) is 0 Å². The molecule has 0 heterocycles. The molecule has 0 aromatic heterocycles. The van der Waals surface area contributed by atoms with Crippen LogP contribution in [0, 0.1) is 0 Å². The number of carboxylic acid groups (broad SMARTS) is 1. The van der Waals surface area contributed by atoms with Gasteiger partial charge in [0.1, 0.15) is 0 Å². The lowest BCUT2D eigenvalue weighted by atomic mass is 10.1. The van der Waals surface area contributed by atoms with E-state index in [4.69, 9.17) is 5.11 Å². The first-order chi connectivity index (χ1) is 11.8. The van der Waals surface area contributed by atoms with Gasteiger partial charge in [0.15, 0.2) is 0 Å². The second kappa shape index (κ2) is 19.7. The van der Waals surface area contributed by atoms with Gasteiger partial charge in [-0.15, -0.1) is 0 Å². The Morgan fingerprint density at radius 2 is 1.00 bits per heavy atom. The number of carbonyl (C=O) groups is 1. The van der Waals surface area contributed by atoms with Gasteiger partial charge >= 0.3 is 5.97 Å². The Morgan fingerprint density at radius 1 is 0.625 bits per heavy atom. The van der Waals surface area contributed by atoms with E-state index in [1.807, 2.05) is 6.08 Å². The molecular formula is C22H38O2. The minimum Gasteiger partial charge on any atom is -0.481 e. The summed E-state index contributed by atoms with van der Waals surface area (Å²) >= 11 is 0. The van der Waals surface area contributed by atoms with Crippen LogP contribution in [0.15, 0.2) is 36.5 Å². The van der Waals surface area contributed by atoms with E-state index >= 15 is 0 Å². The fourth-order valence-corrected chi connectivity index (χ4v) is 2.51. The molecule has 0 atom stereocenters. The van der Waals surface area contributed by atoms with Crippen molar-refractivity contribution in [3.05, 3.63) is 36.5 Å². The molecule has 0 amide bonds. The van der Waals surface area contributed by atoms with Crippen LogP contribution in [0.2, 0.25) is 0 Å². The summed E-state index contributed by atoms with van der Waals surface area (Å²) in [6.45, 7) is 2.26. The van der Waals surface area contributed by atoms with E-state index in [0.29, 0.717) is 0 Å². The average molecular weight is 335 g/mol. The van der Waals surface area contributed by atoms with Crippen molar-refractivity contribution in [2.45, 2.75) is 96.8 Å². The van der Waals surface area contributed by atoms with E-state index in [1.165, 1.54) is 64.2 Å². The van der Waals surface area contributed by atoms with Gasteiger partial charge < -0.3 is 5.11 Å². The van der Waals surface area contributed by atoms with Gasteiger partial charge in [-0.1, -0.05) is 62.6 Å². The Balaban J connectivity index is 3.22. The van der Waals surface area contributed by atoms with Crippen LogP contribution >= 0.6 is 0 Å². The molecule has 0 aromatic carbocycles. The van der Waals surface area contributed by atoms with Crippen molar-refractivity contribution in [1.82, 2.24) is 0 Å². The molecule has 138 valence electrons. The molecule has 2 nitrogen and oxygen atoms in total. The Kier molecular flexibility index (Phi) is 18.7. The Bertz CT molecular complexity index is 353. The topological polar surface area (TPSA) is 37.3 Å². The Labute approximate surface area is 149 Å². The lowest BCUT2D eigenvalue weighted by molar-refractivity contribution is -0.136. The molecule has 0 aliphatic rings. The molecule has 0 aromatic rings. The van der Waals surface area contributed by atoms with Crippen molar-refractivity contribution >= 4 is 5.97 Å². The summed E-state index contributed by atoms with van der Waals surface area (Å²) in [4.78, 5) is 10.3. The lowest BCUT2D eigenvalue weighted by Crippen LogP contribution is -1.89. The van der Waals surface area contributed by atoms with E-state index in [1.54, 1.807) is 6.08 Å². The molecule has 0 radical (unpaired) electrons. The molecule has 2 heteroatoms. The Morgan fingerprint density at radius 3 is 1.38 bits per heavy atom. The molecule has 0 saturated carbocycles. The highest BCUT2D eigenvalue weighted by atomic mass is 16.4. The van der Waals surface area contributed by atoms with Gasteiger partial charge in [-0.2, -0.15) is 0 Å². The van der Waals surface area contributed by atoms with E-state index in [0.717, 1.165) is 19.3 Å². The third-order valence-electron chi connectivity index (χ3n) is 4.00. The van der Waals surface area contributed by atoms with Gasteiger partial charge in [0.05, 0.1) is 6.42 Å². The van der Waals surface area contributed by atoms with Crippen molar-refractivity contribution in [3.63, 3.8) is 0 Å². The number of carboxylic acids is 1. The Hall–Kier alpha value is -1.31. The standard InChI is InChI=1S/C22H38O2/c1-2-3-4-5-6-7-8-9-10-11-12-13-14-15-16-17-18-19-20-21-22(23)24/h7-8,13-14,19-20H,2-6,9-12,15-18,21H2,1H3,(H,23,24). The molecule has 0 bridgehead atoms. The fraction of sp³-hybridized carbons (Fsp3) is 0.682. The molecule has 24 heavy (non-hydrogen) atoms. The number of hydrogen-bond donors (Lipinski definition) is 1. The summed E-state index contributed by atoms with van der Waals surface area (Å²) in [5.41, 5.74) is 0. The molecule has 1 N–H and O–H groups in total. The second-order valence-corrected chi connectivity index (χ2v) is 6.43. The summed E-state index contributed by atoms with van der Waals surface area (Å²) in [5, 5.41) is 8.49. The van der Waals surface area contributed by atoms with Crippen molar-refractivity contribution in [3.8, 4) is 0 Å². The van der Waals surface area contributed by atoms with Crippen LogP contribution in [0.1, 0.15) is 96.8 Å². The maximum atomic E-state index is 10.3.